The molecule has 14 heavy (non-hydrogen) atoms. The second kappa shape index (κ2) is 5.32. The van der Waals surface area contributed by atoms with Gasteiger partial charge < -0.3 is 9.47 Å². The second-order valence-corrected chi connectivity index (χ2v) is 3.23. The quantitative estimate of drug-likeness (QED) is 0.667. The molecule has 2 heteroatoms. The number of methoxy groups -OCH3 is 1. The molecule has 0 aliphatic carbocycles. The van der Waals surface area contributed by atoms with Crippen molar-refractivity contribution in [3.05, 3.63) is 36.4 Å². The van der Waals surface area contributed by atoms with Gasteiger partial charge in [-0.2, -0.15) is 0 Å². The Hall–Kier alpha value is -1.44. The smallest absolute Gasteiger partial charge is 0.122 e. The van der Waals surface area contributed by atoms with E-state index in [2.05, 4.69) is 6.58 Å². The van der Waals surface area contributed by atoms with Crippen LogP contribution in [0.4, 0.5) is 0 Å². The van der Waals surface area contributed by atoms with Gasteiger partial charge in [0.2, 0.25) is 0 Å². The molecule has 76 valence electrons. The molecule has 0 spiro atoms. The highest BCUT2D eigenvalue weighted by Gasteiger charge is 1.96. The van der Waals surface area contributed by atoms with Crippen LogP contribution >= 0.6 is 0 Å². The Balaban J connectivity index is 2.46. The maximum atomic E-state index is 5.52. The summed E-state index contributed by atoms with van der Waals surface area (Å²) in [5.74, 6) is 1.66. The Bertz CT molecular complexity index is 305. The summed E-state index contributed by atoms with van der Waals surface area (Å²) >= 11 is 0. The number of rotatable bonds is 5. The third-order valence-corrected chi connectivity index (χ3v) is 1.84. The summed E-state index contributed by atoms with van der Waals surface area (Å²) in [4.78, 5) is 0. The predicted octanol–water partition coefficient (Wildman–Crippen LogP) is 3.04. The lowest BCUT2D eigenvalue weighted by atomic mass is 10.2. The largest absolute Gasteiger partial charge is 0.497 e. The maximum Gasteiger partial charge on any atom is 0.122 e. The van der Waals surface area contributed by atoms with Gasteiger partial charge in [0.25, 0.3) is 0 Å². The lowest BCUT2D eigenvalue weighted by molar-refractivity contribution is 0.319. The van der Waals surface area contributed by atoms with Gasteiger partial charge in [-0.05, 0) is 19.1 Å². The highest BCUT2D eigenvalue weighted by Crippen LogP contribution is 2.19. The highest BCUT2D eigenvalue weighted by atomic mass is 16.5. The van der Waals surface area contributed by atoms with E-state index in [1.807, 2.05) is 31.2 Å². The van der Waals surface area contributed by atoms with Crippen LogP contribution in [0.3, 0.4) is 0 Å². The van der Waals surface area contributed by atoms with Crippen LogP contribution in [0.2, 0.25) is 0 Å². The van der Waals surface area contributed by atoms with Crippen molar-refractivity contribution in [3.8, 4) is 11.5 Å². The maximum absolute atomic E-state index is 5.52. The van der Waals surface area contributed by atoms with Crippen molar-refractivity contribution in [2.75, 3.05) is 13.7 Å². The fourth-order valence-corrected chi connectivity index (χ4v) is 1.03. The highest BCUT2D eigenvalue weighted by molar-refractivity contribution is 5.32. The summed E-state index contributed by atoms with van der Waals surface area (Å²) in [5, 5.41) is 0. The first-order valence-electron chi connectivity index (χ1n) is 4.63. The van der Waals surface area contributed by atoms with Crippen molar-refractivity contribution >= 4 is 0 Å². The molecule has 0 radical (unpaired) electrons. The van der Waals surface area contributed by atoms with Crippen LogP contribution in [0.15, 0.2) is 36.4 Å². The van der Waals surface area contributed by atoms with Crippen molar-refractivity contribution in [2.45, 2.75) is 13.3 Å². The molecule has 0 aliphatic rings. The van der Waals surface area contributed by atoms with Gasteiger partial charge in [-0.1, -0.05) is 11.6 Å². The average Bonchev–Trinajstić information content (AvgIpc) is 2.18. The summed E-state index contributed by atoms with van der Waals surface area (Å²) in [6, 6.07) is 7.60. The molecule has 1 aromatic carbocycles. The summed E-state index contributed by atoms with van der Waals surface area (Å²) in [7, 11) is 1.65. The van der Waals surface area contributed by atoms with Crippen molar-refractivity contribution < 1.29 is 9.47 Å². The Morgan fingerprint density at radius 3 is 2.71 bits per heavy atom. The minimum Gasteiger partial charge on any atom is -0.497 e. The second-order valence-electron chi connectivity index (χ2n) is 3.23. The van der Waals surface area contributed by atoms with Crippen molar-refractivity contribution in [2.24, 2.45) is 0 Å². The molecule has 0 saturated carbocycles. The number of hydrogen-bond acceptors (Lipinski definition) is 2. The minimum atomic E-state index is 0.669. The molecular weight excluding hydrogens is 176 g/mol. The molecule has 0 aromatic heterocycles. The first kappa shape index (κ1) is 10.6. The van der Waals surface area contributed by atoms with E-state index in [1.54, 1.807) is 7.11 Å². The Kier molecular flexibility index (Phi) is 4.05. The van der Waals surface area contributed by atoms with E-state index >= 15 is 0 Å². The van der Waals surface area contributed by atoms with Crippen LogP contribution in [-0.2, 0) is 0 Å². The third-order valence-electron chi connectivity index (χ3n) is 1.84. The van der Waals surface area contributed by atoms with Gasteiger partial charge in [-0.15, -0.1) is 6.58 Å². The zero-order valence-corrected chi connectivity index (χ0v) is 8.75. The monoisotopic (exact) mass is 192 g/mol. The van der Waals surface area contributed by atoms with Crippen molar-refractivity contribution in [3.63, 3.8) is 0 Å². The lowest BCUT2D eigenvalue weighted by Crippen LogP contribution is -1.97. The fourth-order valence-electron chi connectivity index (χ4n) is 1.03. The molecule has 0 bridgehead atoms. The predicted molar refractivity (Wildman–Crippen MR) is 57.9 cm³/mol. The van der Waals surface area contributed by atoms with Crippen LogP contribution < -0.4 is 9.47 Å². The number of hydrogen-bond donors (Lipinski definition) is 0. The van der Waals surface area contributed by atoms with E-state index in [0.29, 0.717) is 6.61 Å². The molecule has 0 saturated heterocycles. The molecule has 0 atom stereocenters. The average molecular weight is 192 g/mol. The Labute approximate surface area is 85.2 Å². The molecule has 0 amide bonds. The van der Waals surface area contributed by atoms with Crippen molar-refractivity contribution in [1.82, 2.24) is 0 Å². The Morgan fingerprint density at radius 1 is 1.36 bits per heavy atom. The van der Waals surface area contributed by atoms with Crippen LogP contribution in [0.5, 0.6) is 11.5 Å². The standard InChI is InChI=1S/C12H16O2/c1-10(2)7-8-14-12-6-4-5-11(9-12)13-3/h4-6,9H,1,7-8H2,2-3H3. The first-order valence-corrected chi connectivity index (χ1v) is 4.63. The van der Waals surface area contributed by atoms with Gasteiger partial charge in [0.05, 0.1) is 13.7 Å². The van der Waals surface area contributed by atoms with Gasteiger partial charge in [0.15, 0.2) is 0 Å². The van der Waals surface area contributed by atoms with Crippen molar-refractivity contribution in [1.29, 1.82) is 0 Å². The van der Waals surface area contributed by atoms with E-state index in [0.717, 1.165) is 23.5 Å². The molecule has 1 rings (SSSR count). The molecule has 0 unspecified atom stereocenters. The molecule has 0 fully saturated rings. The van der Waals surface area contributed by atoms with E-state index in [1.165, 1.54) is 0 Å². The number of ether oxygens (including phenoxy) is 2. The van der Waals surface area contributed by atoms with Crippen LogP contribution in [0, 0.1) is 0 Å². The molecular formula is C12H16O2. The van der Waals surface area contributed by atoms with Gasteiger partial charge >= 0.3 is 0 Å². The molecule has 0 N–H and O–H groups in total. The SMILES string of the molecule is C=C(C)CCOc1cccc(OC)c1. The Morgan fingerprint density at radius 2 is 2.07 bits per heavy atom. The topological polar surface area (TPSA) is 18.5 Å². The minimum absolute atomic E-state index is 0.669. The molecule has 2 nitrogen and oxygen atoms in total. The number of benzene rings is 1. The van der Waals surface area contributed by atoms with E-state index in [9.17, 15) is 0 Å². The van der Waals surface area contributed by atoms with Crippen LogP contribution in [0.1, 0.15) is 13.3 Å². The zero-order chi connectivity index (χ0) is 10.4. The lowest BCUT2D eigenvalue weighted by Gasteiger charge is -2.07. The fraction of sp³-hybridized carbons (Fsp3) is 0.333. The van der Waals surface area contributed by atoms with Crippen LogP contribution in [-0.4, -0.2) is 13.7 Å². The first-order chi connectivity index (χ1) is 6.72. The molecule has 0 aliphatic heterocycles. The normalized spacial score (nSPS) is 9.57. The molecule has 0 heterocycles. The van der Waals surface area contributed by atoms with E-state index in [4.69, 9.17) is 9.47 Å². The summed E-state index contributed by atoms with van der Waals surface area (Å²) < 4.78 is 10.6. The molecule has 1 aromatic rings. The van der Waals surface area contributed by atoms with Gasteiger partial charge in [-0.3, -0.25) is 0 Å². The van der Waals surface area contributed by atoms with Crippen LogP contribution in [0.25, 0.3) is 0 Å². The van der Waals surface area contributed by atoms with Gasteiger partial charge in [0, 0.05) is 12.5 Å². The van der Waals surface area contributed by atoms with Gasteiger partial charge in [-0.25, -0.2) is 0 Å². The zero-order valence-electron chi connectivity index (χ0n) is 8.75. The van der Waals surface area contributed by atoms with Gasteiger partial charge in [0.1, 0.15) is 11.5 Å². The summed E-state index contributed by atoms with van der Waals surface area (Å²) in [6.07, 6.45) is 0.886. The van der Waals surface area contributed by atoms with E-state index in [-0.39, 0.29) is 0 Å². The third kappa shape index (κ3) is 3.52. The summed E-state index contributed by atoms with van der Waals surface area (Å²) in [6.45, 7) is 6.48. The van der Waals surface area contributed by atoms with E-state index < -0.39 is 0 Å². The summed E-state index contributed by atoms with van der Waals surface area (Å²) in [5.41, 5.74) is 1.13.